The maximum atomic E-state index is 5.83. The highest BCUT2D eigenvalue weighted by atomic mass is 32.1. The topological polar surface area (TPSA) is 63.8 Å². The number of nitrogens with zero attached hydrogens (tertiary/aromatic N) is 2. The first kappa shape index (κ1) is 10.0. The van der Waals surface area contributed by atoms with Crippen molar-refractivity contribution in [1.29, 1.82) is 0 Å². The summed E-state index contributed by atoms with van der Waals surface area (Å²) in [4.78, 5) is 8.43. The van der Waals surface area contributed by atoms with Crippen LogP contribution in [0.1, 0.15) is 0 Å². The number of anilines is 3. The van der Waals surface area contributed by atoms with Gasteiger partial charge in [0.2, 0.25) is 0 Å². The van der Waals surface area contributed by atoms with E-state index in [9.17, 15) is 0 Å². The number of fused-ring (bicyclic) bond motifs is 1. The van der Waals surface area contributed by atoms with Crippen molar-refractivity contribution in [3.05, 3.63) is 42.0 Å². The van der Waals surface area contributed by atoms with Crippen molar-refractivity contribution >= 4 is 38.7 Å². The minimum absolute atomic E-state index is 0.636. The van der Waals surface area contributed by atoms with Crippen LogP contribution in [0.4, 0.5) is 17.2 Å². The average molecular weight is 242 g/mol. The number of hydrogen-bond donors (Lipinski definition) is 2. The predicted octanol–water partition coefficient (Wildman–Crippen LogP) is 3.02. The summed E-state index contributed by atoms with van der Waals surface area (Å²) in [6.45, 7) is 0. The lowest BCUT2D eigenvalue weighted by Crippen LogP contribution is -1.98. The van der Waals surface area contributed by atoms with E-state index in [0.717, 1.165) is 15.9 Å². The summed E-state index contributed by atoms with van der Waals surface area (Å²) >= 11 is 1.61. The van der Waals surface area contributed by atoms with Gasteiger partial charge in [0.25, 0.3) is 0 Å². The fourth-order valence-electron chi connectivity index (χ4n) is 1.59. The Hall–Kier alpha value is -2.14. The monoisotopic (exact) mass is 242 g/mol. The van der Waals surface area contributed by atoms with Crippen LogP contribution in [0.2, 0.25) is 0 Å². The molecule has 0 spiro atoms. The number of rotatable bonds is 2. The molecule has 84 valence electrons. The standard InChI is InChI=1S/C12H10N4S/c13-9-2-1-5-14-12(9)16-8-3-4-10-11(6-8)17-7-15-10/h1-7H,13H2,(H,14,16). The molecule has 0 saturated heterocycles. The smallest absolute Gasteiger partial charge is 0.153 e. The van der Waals surface area contributed by atoms with E-state index in [2.05, 4.69) is 15.3 Å². The Kier molecular flexibility index (Phi) is 2.38. The molecular weight excluding hydrogens is 232 g/mol. The SMILES string of the molecule is Nc1cccnc1Nc1ccc2ncsc2c1. The molecule has 3 aromatic rings. The van der Waals surface area contributed by atoms with Crippen LogP contribution in [0.15, 0.2) is 42.0 Å². The van der Waals surface area contributed by atoms with Gasteiger partial charge >= 0.3 is 0 Å². The molecule has 17 heavy (non-hydrogen) atoms. The van der Waals surface area contributed by atoms with Crippen molar-refractivity contribution in [3.63, 3.8) is 0 Å². The number of aromatic nitrogens is 2. The maximum Gasteiger partial charge on any atom is 0.153 e. The Bertz CT molecular complexity index is 662. The Labute approximate surface area is 102 Å². The second kappa shape index (κ2) is 4.03. The third-order valence-corrected chi connectivity index (χ3v) is 3.22. The maximum absolute atomic E-state index is 5.83. The second-order valence-electron chi connectivity index (χ2n) is 3.60. The molecular formula is C12H10N4S. The lowest BCUT2D eigenvalue weighted by atomic mass is 10.3. The van der Waals surface area contributed by atoms with Gasteiger partial charge in [0.15, 0.2) is 5.82 Å². The summed E-state index contributed by atoms with van der Waals surface area (Å²) < 4.78 is 1.14. The molecule has 0 aliphatic carbocycles. The van der Waals surface area contributed by atoms with E-state index in [1.54, 1.807) is 17.5 Å². The van der Waals surface area contributed by atoms with E-state index in [4.69, 9.17) is 5.73 Å². The van der Waals surface area contributed by atoms with Crippen LogP contribution in [-0.4, -0.2) is 9.97 Å². The quantitative estimate of drug-likeness (QED) is 0.725. The van der Waals surface area contributed by atoms with Gasteiger partial charge in [0, 0.05) is 11.9 Å². The summed E-state index contributed by atoms with van der Waals surface area (Å²) in [5, 5.41) is 3.20. The number of benzene rings is 1. The highest BCUT2D eigenvalue weighted by Crippen LogP contribution is 2.25. The van der Waals surface area contributed by atoms with E-state index in [1.165, 1.54) is 0 Å². The van der Waals surface area contributed by atoms with Gasteiger partial charge in [-0.3, -0.25) is 0 Å². The van der Waals surface area contributed by atoms with Crippen molar-refractivity contribution in [1.82, 2.24) is 9.97 Å². The Morgan fingerprint density at radius 1 is 1.18 bits per heavy atom. The summed E-state index contributed by atoms with van der Waals surface area (Å²) in [6, 6.07) is 9.62. The summed E-state index contributed by atoms with van der Waals surface area (Å²) in [5.74, 6) is 0.677. The van der Waals surface area contributed by atoms with Gasteiger partial charge in [0.05, 0.1) is 21.4 Å². The van der Waals surface area contributed by atoms with Crippen LogP contribution < -0.4 is 11.1 Å². The minimum Gasteiger partial charge on any atom is -0.396 e. The molecule has 0 bridgehead atoms. The normalized spacial score (nSPS) is 10.6. The number of thiazole rings is 1. The first-order valence-corrected chi connectivity index (χ1v) is 6.02. The highest BCUT2D eigenvalue weighted by Gasteiger charge is 2.02. The average Bonchev–Trinajstić information content (AvgIpc) is 2.79. The lowest BCUT2D eigenvalue weighted by Gasteiger charge is -2.07. The van der Waals surface area contributed by atoms with E-state index in [0.29, 0.717) is 11.5 Å². The zero-order valence-electron chi connectivity index (χ0n) is 8.92. The molecule has 0 radical (unpaired) electrons. The second-order valence-corrected chi connectivity index (χ2v) is 4.49. The lowest BCUT2D eigenvalue weighted by molar-refractivity contribution is 1.31. The first-order valence-electron chi connectivity index (χ1n) is 5.14. The van der Waals surface area contributed by atoms with Crippen LogP contribution >= 0.6 is 11.3 Å². The molecule has 0 atom stereocenters. The molecule has 0 saturated carbocycles. The minimum atomic E-state index is 0.636. The molecule has 2 heterocycles. The third kappa shape index (κ3) is 1.92. The van der Waals surface area contributed by atoms with Gasteiger partial charge in [0.1, 0.15) is 0 Å². The molecule has 0 unspecified atom stereocenters. The Balaban J connectivity index is 1.97. The van der Waals surface area contributed by atoms with Crippen molar-refractivity contribution in [2.75, 3.05) is 11.1 Å². The van der Waals surface area contributed by atoms with E-state index < -0.39 is 0 Å². The van der Waals surface area contributed by atoms with Gasteiger partial charge in [-0.15, -0.1) is 11.3 Å². The van der Waals surface area contributed by atoms with E-state index >= 15 is 0 Å². The largest absolute Gasteiger partial charge is 0.396 e. The van der Waals surface area contributed by atoms with Gasteiger partial charge in [-0.25, -0.2) is 9.97 Å². The van der Waals surface area contributed by atoms with E-state index in [1.807, 2.05) is 35.8 Å². The molecule has 0 aliphatic rings. The van der Waals surface area contributed by atoms with Crippen LogP contribution in [0.25, 0.3) is 10.2 Å². The number of nitrogens with one attached hydrogen (secondary N) is 1. The molecule has 0 fully saturated rings. The van der Waals surface area contributed by atoms with E-state index in [-0.39, 0.29) is 0 Å². The van der Waals surface area contributed by atoms with Crippen molar-refractivity contribution in [2.45, 2.75) is 0 Å². The molecule has 0 amide bonds. The van der Waals surface area contributed by atoms with Crippen LogP contribution in [-0.2, 0) is 0 Å². The Morgan fingerprint density at radius 2 is 2.12 bits per heavy atom. The molecule has 3 rings (SSSR count). The summed E-state index contributed by atoms with van der Waals surface area (Å²) in [6.07, 6.45) is 1.71. The van der Waals surface area contributed by atoms with Gasteiger partial charge < -0.3 is 11.1 Å². The number of nitrogen functional groups attached to an aromatic ring is 1. The molecule has 1 aromatic carbocycles. The van der Waals surface area contributed by atoms with Crippen molar-refractivity contribution < 1.29 is 0 Å². The summed E-state index contributed by atoms with van der Waals surface area (Å²) in [7, 11) is 0. The zero-order chi connectivity index (χ0) is 11.7. The molecule has 5 heteroatoms. The van der Waals surface area contributed by atoms with Gasteiger partial charge in [-0.05, 0) is 30.3 Å². The molecule has 4 nitrogen and oxygen atoms in total. The van der Waals surface area contributed by atoms with Crippen molar-refractivity contribution in [2.24, 2.45) is 0 Å². The Morgan fingerprint density at radius 3 is 3.00 bits per heavy atom. The molecule has 0 aliphatic heterocycles. The molecule has 3 N–H and O–H groups in total. The zero-order valence-corrected chi connectivity index (χ0v) is 9.74. The number of nitrogens with two attached hydrogens (primary N) is 1. The fourth-order valence-corrected chi connectivity index (χ4v) is 2.31. The van der Waals surface area contributed by atoms with Gasteiger partial charge in [-0.2, -0.15) is 0 Å². The highest BCUT2D eigenvalue weighted by molar-refractivity contribution is 7.16. The van der Waals surface area contributed by atoms with Crippen LogP contribution in [0.5, 0.6) is 0 Å². The fraction of sp³-hybridized carbons (Fsp3) is 0. The molecule has 2 aromatic heterocycles. The summed E-state index contributed by atoms with van der Waals surface area (Å²) in [5.41, 5.74) is 10.3. The predicted molar refractivity (Wildman–Crippen MR) is 71.6 cm³/mol. The van der Waals surface area contributed by atoms with Gasteiger partial charge in [-0.1, -0.05) is 0 Å². The van der Waals surface area contributed by atoms with Crippen LogP contribution in [0.3, 0.4) is 0 Å². The van der Waals surface area contributed by atoms with Crippen molar-refractivity contribution in [3.8, 4) is 0 Å². The third-order valence-electron chi connectivity index (χ3n) is 2.43. The van der Waals surface area contributed by atoms with Crippen LogP contribution in [0, 0.1) is 0 Å². The number of pyridine rings is 1. The number of hydrogen-bond acceptors (Lipinski definition) is 5. The first-order chi connectivity index (χ1) is 8.33.